The van der Waals surface area contributed by atoms with E-state index in [2.05, 4.69) is 10.2 Å². The molecule has 0 radical (unpaired) electrons. The molecule has 0 fully saturated rings. The van der Waals surface area contributed by atoms with E-state index in [1.165, 1.54) is 12.1 Å². The summed E-state index contributed by atoms with van der Waals surface area (Å²) in [5.74, 6) is 1.18. The topological polar surface area (TPSA) is 38.2 Å². The van der Waals surface area contributed by atoms with Gasteiger partial charge in [-0.05, 0) is 42.5 Å². The molecule has 3 aromatic rings. The van der Waals surface area contributed by atoms with E-state index in [0.29, 0.717) is 5.82 Å². The average Bonchev–Trinajstić information content (AvgIpc) is 2.53. The van der Waals surface area contributed by atoms with Gasteiger partial charge in [-0.2, -0.15) is 5.10 Å². The smallest absolute Gasteiger partial charge is 0.163 e. The zero-order chi connectivity index (χ0) is 14.8. The van der Waals surface area contributed by atoms with Crippen LogP contribution in [0.25, 0.3) is 10.8 Å². The number of hydrogen-bond acceptors (Lipinski definition) is 4. The molecule has 21 heavy (non-hydrogen) atoms. The molecule has 3 rings (SSSR count). The summed E-state index contributed by atoms with van der Waals surface area (Å²) in [4.78, 5) is 1.91. The lowest BCUT2D eigenvalue weighted by atomic mass is 10.1. The summed E-state index contributed by atoms with van der Waals surface area (Å²) >= 11 is 0. The Morgan fingerprint density at radius 3 is 2.57 bits per heavy atom. The van der Waals surface area contributed by atoms with Gasteiger partial charge in [0.05, 0.1) is 13.3 Å². The highest BCUT2D eigenvalue weighted by Gasteiger charge is 2.11. The molecular formula is C16H14FN3O. The quantitative estimate of drug-likeness (QED) is 0.737. The van der Waals surface area contributed by atoms with E-state index in [4.69, 9.17) is 4.74 Å². The van der Waals surface area contributed by atoms with Gasteiger partial charge in [0.25, 0.3) is 0 Å². The summed E-state index contributed by atoms with van der Waals surface area (Å²) in [6.45, 7) is 0. The summed E-state index contributed by atoms with van der Waals surface area (Å²) in [6.07, 6.45) is 1.56. The first-order valence-electron chi connectivity index (χ1n) is 6.48. The SMILES string of the molecule is COc1ccc(N(C)c2nncc3cc(F)ccc23)cc1. The van der Waals surface area contributed by atoms with E-state index >= 15 is 0 Å². The van der Waals surface area contributed by atoms with Gasteiger partial charge in [-0.25, -0.2) is 4.39 Å². The number of methoxy groups -OCH3 is 1. The van der Waals surface area contributed by atoms with Crippen molar-refractivity contribution in [3.05, 3.63) is 54.5 Å². The van der Waals surface area contributed by atoms with Gasteiger partial charge in [-0.15, -0.1) is 5.10 Å². The minimum atomic E-state index is -0.284. The van der Waals surface area contributed by atoms with Crippen molar-refractivity contribution in [3.8, 4) is 5.75 Å². The van der Waals surface area contributed by atoms with Crippen LogP contribution in [0.15, 0.2) is 48.7 Å². The first kappa shape index (κ1) is 13.3. The maximum Gasteiger partial charge on any atom is 0.163 e. The minimum absolute atomic E-state index is 0.284. The molecule has 0 unspecified atom stereocenters. The summed E-state index contributed by atoms with van der Waals surface area (Å²) in [6, 6.07) is 12.2. The molecule has 1 heterocycles. The van der Waals surface area contributed by atoms with Crippen LogP contribution in [0.4, 0.5) is 15.9 Å². The maximum atomic E-state index is 13.3. The molecule has 0 bridgehead atoms. The normalized spacial score (nSPS) is 10.6. The number of benzene rings is 2. The molecule has 0 N–H and O–H groups in total. The Balaban J connectivity index is 2.06. The van der Waals surface area contributed by atoms with Crippen molar-refractivity contribution < 1.29 is 9.13 Å². The minimum Gasteiger partial charge on any atom is -0.497 e. The van der Waals surface area contributed by atoms with Gasteiger partial charge >= 0.3 is 0 Å². The van der Waals surface area contributed by atoms with Crippen molar-refractivity contribution in [2.45, 2.75) is 0 Å². The maximum absolute atomic E-state index is 13.3. The fourth-order valence-corrected chi connectivity index (χ4v) is 2.22. The number of rotatable bonds is 3. The molecular weight excluding hydrogens is 269 g/mol. The second-order valence-electron chi connectivity index (χ2n) is 4.66. The molecule has 1 aromatic heterocycles. The molecule has 106 valence electrons. The number of aromatic nitrogens is 2. The van der Waals surface area contributed by atoms with E-state index in [-0.39, 0.29) is 5.82 Å². The van der Waals surface area contributed by atoms with E-state index in [0.717, 1.165) is 22.2 Å². The lowest BCUT2D eigenvalue weighted by molar-refractivity contribution is 0.415. The summed E-state index contributed by atoms with van der Waals surface area (Å²) in [7, 11) is 3.53. The fraction of sp³-hybridized carbons (Fsp3) is 0.125. The number of fused-ring (bicyclic) bond motifs is 1. The first-order chi connectivity index (χ1) is 10.2. The van der Waals surface area contributed by atoms with E-state index in [1.54, 1.807) is 19.4 Å². The van der Waals surface area contributed by atoms with Crippen LogP contribution >= 0.6 is 0 Å². The van der Waals surface area contributed by atoms with Crippen LogP contribution in [-0.4, -0.2) is 24.4 Å². The van der Waals surface area contributed by atoms with Crippen LogP contribution in [0.5, 0.6) is 5.75 Å². The summed E-state index contributed by atoms with van der Waals surface area (Å²) in [5.41, 5.74) is 0.946. The average molecular weight is 283 g/mol. The molecule has 0 saturated carbocycles. The molecule has 0 atom stereocenters. The van der Waals surface area contributed by atoms with E-state index in [9.17, 15) is 4.39 Å². The van der Waals surface area contributed by atoms with Gasteiger partial charge in [0.1, 0.15) is 11.6 Å². The Morgan fingerprint density at radius 1 is 1.10 bits per heavy atom. The van der Waals surface area contributed by atoms with Crippen LogP contribution in [0, 0.1) is 5.82 Å². The fourth-order valence-electron chi connectivity index (χ4n) is 2.22. The van der Waals surface area contributed by atoms with Gasteiger partial charge in [-0.1, -0.05) is 0 Å². The van der Waals surface area contributed by atoms with Crippen LogP contribution in [0.2, 0.25) is 0 Å². The van der Waals surface area contributed by atoms with Gasteiger partial charge in [0.2, 0.25) is 0 Å². The van der Waals surface area contributed by atoms with Crippen LogP contribution in [-0.2, 0) is 0 Å². The van der Waals surface area contributed by atoms with Gasteiger partial charge in [0, 0.05) is 23.5 Å². The third-order valence-electron chi connectivity index (χ3n) is 3.38. The lowest BCUT2D eigenvalue weighted by Crippen LogP contribution is -2.12. The van der Waals surface area contributed by atoms with Crippen LogP contribution in [0.1, 0.15) is 0 Å². The molecule has 0 spiro atoms. The number of ether oxygens (including phenoxy) is 1. The molecule has 5 heteroatoms. The number of anilines is 2. The predicted octanol–water partition coefficient (Wildman–Crippen LogP) is 3.55. The van der Waals surface area contributed by atoms with Crippen molar-refractivity contribution in [1.29, 1.82) is 0 Å². The monoisotopic (exact) mass is 283 g/mol. The second-order valence-corrected chi connectivity index (χ2v) is 4.66. The van der Waals surface area contributed by atoms with Gasteiger partial charge < -0.3 is 9.64 Å². The standard InChI is InChI=1S/C16H14FN3O/c1-20(13-4-6-14(21-2)7-5-13)16-15-8-3-12(17)9-11(15)10-18-19-16/h3-10H,1-2H3. The van der Waals surface area contributed by atoms with E-state index < -0.39 is 0 Å². The lowest BCUT2D eigenvalue weighted by Gasteiger charge is -2.19. The Bertz CT molecular complexity index is 774. The van der Waals surface area contributed by atoms with Crippen molar-refractivity contribution in [2.24, 2.45) is 0 Å². The Kier molecular flexibility index (Phi) is 3.39. The largest absolute Gasteiger partial charge is 0.497 e. The zero-order valence-electron chi connectivity index (χ0n) is 11.7. The molecule has 0 amide bonds. The van der Waals surface area contributed by atoms with Crippen LogP contribution < -0.4 is 9.64 Å². The first-order valence-corrected chi connectivity index (χ1v) is 6.48. The Morgan fingerprint density at radius 2 is 1.86 bits per heavy atom. The zero-order valence-corrected chi connectivity index (χ0v) is 11.7. The van der Waals surface area contributed by atoms with Crippen LogP contribution in [0.3, 0.4) is 0 Å². The summed E-state index contributed by atoms with van der Waals surface area (Å²) in [5, 5.41) is 9.70. The number of halogens is 1. The highest BCUT2D eigenvalue weighted by atomic mass is 19.1. The Hall–Kier alpha value is -2.69. The van der Waals surface area contributed by atoms with Gasteiger partial charge in [0.15, 0.2) is 5.82 Å². The van der Waals surface area contributed by atoms with E-state index in [1.807, 2.05) is 36.2 Å². The molecule has 0 saturated heterocycles. The molecule has 0 aliphatic heterocycles. The van der Waals surface area contributed by atoms with Crippen molar-refractivity contribution >= 4 is 22.3 Å². The molecule has 0 aliphatic carbocycles. The molecule has 4 nitrogen and oxygen atoms in total. The summed E-state index contributed by atoms with van der Waals surface area (Å²) < 4.78 is 18.4. The third kappa shape index (κ3) is 2.50. The predicted molar refractivity (Wildman–Crippen MR) is 80.6 cm³/mol. The Labute approximate surface area is 121 Å². The molecule has 0 aliphatic rings. The van der Waals surface area contributed by atoms with Crippen molar-refractivity contribution in [1.82, 2.24) is 10.2 Å². The highest BCUT2D eigenvalue weighted by molar-refractivity contribution is 5.93. The molecule has 2 aromatic carbocycles. The second kappa shape index (κ2) is 5.36. The third-order valence-corrected chi connectivity index (χ3v) is 3.38. The van der Waals surface area contributed by atoms with Gasteiger partial charge in [-0.3, -0.25) is 0 Å². The van der Waals surface area contributed by atoms with Crippen molar-refractivity contribution in [2.75, 3.05) is 19.1 Å². The highest BCUT2D eigenvalue weighted by Crippen LogP contribution is 2.29. The van der Waals surface area contributed by atoms with Crippen molar-refractivity contribution in [3.63, 3.8) is 0 Å². The number of hydrogen-bond donors (Lipinski definition) is 0. The number of nitrogens with zero attached hydrogens (tertiary/aromatic N) is 3.